The SMILES string of the molecule is CCCCCCC(=O)OCCOCCOCCOCCOCCOCCOCCOCCOCCOC(=O)C(=O)c1ccccc1. The van der Waals surface area contributed by atoms with E-state index in [4.69, 9.17) is 47.4 Å². The monoisotopic (exact) mass is 658 g/mol. The molecule has 0 bridgehead atoms. The van der Waals surface area contributed by atoms with Gasteiger partial charge >= 0.3 is 11.9 Å². The highest BCUT2D eigenvalue weighted by Gasteiger charge is 2.17. The van der Waals surface area contributed by atoms with Crippen LogP contribution < -0.4 is 0 Å². The van der Waals surface area contributed by atoms with Crippen LogP contribution in [0.25, 0.3) is 0 Å². The van der Waals surface area contributed by atoms with Crippen LogP contribution in [-0.4, -0.2) is 137 Å². The third kappa shape index (κ3) is 26.7. The molecule has 46 heavy (non-hydrogen) atoms. The van der Waals surface area contributed by atoms with Gasteiger partial charge in [-0.05, 0) is 6.42 Å². The number of unbranched alkanes of at least 4 members (excludes halogenated alkanes) is 3. The first kappa shape index (κ1) is 41.5. The molecule has 0 saturated heterocycles. The fourth-order valence-corrected chi connectivity index (χ4v) is 3.59. The maximum atomic E-state index is 11.9. The lowest BCUT2D eigenvalue weighted by atomic mass is 10.1. The summed E-state index contributed by atoms with van der Waals surface area (Å²) >= 11 is 0. The van der Waals surface area contributed by atoms with Crippen molar-refractivity contribution in [1.29, 1.82) is 0 Å². The number of benzene rings is 1. The molecule has 0 aliphatic heterocycles. The number of hydrogen-bond donors (Lipinski definition) is 0. The molecule has 0 N–H and O–H groups in total. The third-order valence-electron chi connectivity index (χ3n) is 6.01. The molecule has 0 heterocycles. The second-order valence-electron chi connectivity index (χ2n) is 9.76. The number of Topliss-reactive ketones (excluding diaryl/α,β-unsaturated/α-hetero) is 1. The van der Waals surface area contributed by atoms with E-state index in [1.165, 1.54) is 0 Å². The van der Waals surface area contributed by atoms with Crippen molar-refractivity contribution < 1.29 is 61.8 Å². The van der Waals surface area contributed by atoms with Gasteiger partial charge in [0.05, 0.1) is 106 Å². The fourth-order valence-electron chi connectivity index (χ4n) is 3.59. The molecule has 0 aliphatic carbocycles. The van der Waals surface area contributed by atoms with Gasteiger partial charge in [0.15, 0.2) is 0 Å². The van der Waals surface area contributed by atoms with Gasteiger partial charge in [-0.2, -0.15) is 0 Å². The first-order chi connectivity index (χ1) is 22.6. The van der Waals surface area contributed by atoms with Crippen molar-refractivity contribution >= 4 is 17.7 Å². The molecule has 0 amide bonds. The lowest BCUT2D eigenvalue weighted by molar-refractivity contribution is -0.145. The summed E-state index contributed by atoms with van der Waals surface area (Å²) in [6.07, 6.45) is 4.72. The Morgan fingerprint density at radius 1 is 0.457 bits per heavy atom. The highest BCUT2D eigenvalue weighted by Crippen LogP contribution is 2.03. The highest BCUT2D eigenvalue weighted by atomic mass is 16.6. The smallest absolute Gasteiger partial charge is 0.379 e. The van der Waals surface area contributed by atoms with E-state index in [0.29, 0.717) is 111 Å². The molecule has 1 rings (SSSR count). The first-order valence-electron chi connectivity index (χ1n) is 16.2. The summed E-state index contributed by atoms with van der Waals surface area (Å²) in [6.45, 7) is 9.15. The molecule has 0 atom stereocenters. The molecular formula is C33H54O13. The fraction of sp³-hybridized carbons (Fsp3) is 0.727. The van der Waals surface area contributed by atoms with Crippen LogP contribution in [0.3, 0.4) is 0 Å². The number of ether oxygens (including phenoxy) is 10. The van der Waals surface area contributed by atoms with E-state index in [1.54, 1.807) is 30.3 Å². The Morgan fingerprint density at radius 2 is 0.826 bits per heavy atom. The summed E-state index contributed by atoms with van der Waals surface area (Å²) in [7, 11) is 0. The van der Waals surface area contributed by atoms with E-state index < -0.39 is 11.8 Å². The zero-order chi connectivity index (χ0) is 33.2. The zero-order valence-electron chi connectivity index (χ0n) is 27.5. The zero-order valence-corrected chi connectivity index (χ0v) is 27.5. The van der Waals surface area contributed by atoms with E-state index in [0.717, 1.165) is 25.7 Å². The summed E-state index contributed by atoms with van der Waals surface area (Å²) < 4.78 is 53.4. The van der Waals surface area contributed by atoms with Crippen LogP contribution in [-0.2, 0) is 57.0 Å². The maximum Gasteiger partial charge on any atom is 0.379 e. The van der Waals surface area contributed by atoms with Crippen molar-refractivity contribution in [3.63, 3.8) is 0 Å². The predicted octanol–water partition coefficient (Wildman–Crippen LogP) is 3.06. The minimum atomic E-state index is -0.899. The molecule has 0 unspecified atom stereocenters. The van der Waals surface area contributed by atoms with Gasteiger partial charge in [0.25, 0.3) is 5.78 Å². The average molecular weight is 659 g/mol. The van der Waals surface area contributed by atoms with Gasteiger partial charge < -0.3 is 47.4 Å². The third-order valence-corrected chi connectivity index (χ3v) is 6.01. The molecular weight excluding hydrogens is 604 g/mol. The van der Waals surface area contributed by atoms with Crippen LogP contribution >= 0.6 is 0 Å². The minimum absolute atomic E-state index is 0.00471. The number of carbonyl (C=O) groups is 3. The molecule has 0 fully saturated rings. The van der Waals surface area contributed by atoms with Crippen molar-refractivity contribution in [2.45, 2.75) is 39.0 Å². The number of esters is 2. The van der Waals surface area contributed by atoms with Gasteiger partial charge in [-0.3, -0.25) is 9.59 Å². The Hall–Kier alpha value is -2.49. The van der Waals surface area contributed by atoms with E-state index in [-0.39, 0.29) is 25.8 Å². The Kier molecular flexibility index (Phi) is 29.3. The second-order valence-corrected chi connectivity index (χ2v) is 9.76. The highest BCUT2D eigenvalue weighted by molar-refractivity contribution is 6.40. The van der Waals surface area contributed by atoms with E-state index >= 15 is 0 Å². The number of ketones is 1. The number of carbonyl (C=O) groups excluding carboxylic acids is 3. The van der Waals surface area contributed by atoms with Crippen molar-refractivity contribution in [3.8, 4) is 0 Å². The second kappa shape index (κ2) is 32.5. The van der Waals surface area contributed by atoms with Gasteiger partial charge in [0.2, 0.25) is 0 Å². The standard InChI is InChI=1S/C33H54O13/c1-2-3-4-8-11-31(34)45-28-26-43-24-22-41-20-18-39-16-14-37-12-13-38-15-17-40-19-21-42-23-25-44-27-29-46-33(36)32(35)30-9-6-5-7-10-30/h5-7,9-10H,2-4,8,11-29H2,1H3. The molecule has 0 saturated carbocycles. The lowest BCUT2D eigenvalue weighted by Crippen LogP contribution is -2.20. The van der Waals surface area contributed by atoms with E-state index in [1.807, 2.05) is 0 Å². The molecule has 1 aromatic rings. The van der Waals surface area contributed by atoms with Crippen LogP contribution in [0, 0.1) is 0 Å². The van der Waals surface area contributed by atoms with Gasteiger partial charge in [0.1, 0.15) is 13.2 Å². The van der Waals surface area contributed by atoms with Crippen LogP contribution in [0.2, 0.25) is 0 Å². The van der Waals surface area contributed by atoms with Crippen LogP contribution in [0.1, 0.15) is 49.4 Å². The lowest BCUT2D eigenvalue weighted by Gasteiger charge is -2.09. The Bertz CT molecular complexity index is 853. The van der Waals surface area contributed by atoms with Crippen molar-refractivity contribution in [1.82, 2.24) is 0 Å². The maximum absolute atomic E-state index is 11.9. The molecule has 264 valence electrons. The topological polar surface area (TPSA) is 144 Å². The first-order valence-corrected chi connectivity index (χ1v) is 16.2. The molecule has 0 aliphatic rings. The van der Waals surface area contributed by atoms with Gasteiger partial charge in [-0.25, -0.2) is 4.79 Å². The van der Waals surface area contributed by atoms with Gasteiger partial charge in [-0.1, -0.05) is 56.5 Å². The Balaban J connectivity index is 1.69. The van der Waals surface area contributed by atoms with Crippen molar-refractivity contribution in [2.75, 3.05) is 119 Å². The van der Waals surface area contributed by atoms with Crippen LogP contribution in [0.4, 0.5) is 0 Å². The number of hydrogen-bond acceptors (Lipinski definition) is 13. The van der Waals surface area contributed by atoms with Crippen LogP contribution in [0.5, 0.6) is 0 Å². The quantitative estimate of drug-likeness (QED) is 0.0464. The summed E-state index contributed by atoms with van der Waals surface area (Å²) in [4.78, 5) is 35.1. The largest absolute Gasteiger partial charge is 0.463 e. The summed E-state index contributed by atoms with van der Waals surface area (Å²) in [6, 6.07) is 8.25. The molecule has 13 heteroatoms. The van der Waals surface area contributed by atoms with E-state index in [2.05, 4.69) is 6.92 Å². The van der Waals surface area contributed by atoms with Crippen molar-refractivity contribution in [3.05, 3.63) is 35.9 Å². The molecule has 0 spiro atoms. The summed E-state index contributed by atoms with van der Waals surface area (Å²) in [5.74, 6) is -1.74. The molecule has 0 radical (unpaired) electrons. The van der Waals surface area contributed by atoms with Gasteiger partial charge in [-0.15, -0.1) is 0 Å². The van der Waals surface area contributed by atoms with E-state index in [9.17, 15) is 14.4 Å². The molecule has 1 aromatic carbocycles. The average Bonchev–Trinajstić information content (AvgIpc) is 3.07. The van der Waals surface area contributed by atoms with Gasteiger partial charge in [0, 0.05) is 12.0 Å². The minimum Gasteiger partial charge on any atom is -0.463 e. The van der Waals surface area contributed by atoms with Crippen LogP contribution in [0.15, 0.2) is 30.3 Å². The predicted molar refractivity (Wildman–Crippen MR) is 168 cm³/mol. The summed E-state index contributed by atoms with van der Waals surface area (Å²) in [5.41, 5.74) is 0.294. The molecule has 13 nitrogen and oxygen atoms in total. The molecule has 0 aromatic heterocycles. The normalized spacial score (nSPS) is 11.1. The van der Waals surface area contributed by atoms with Crippen molar-refractivity contribution in [2.24, 2.45) is 0 Å². The number of rotatable bonds is 34. The summed E-state index contributed by atoms with van der Waals surface area (Å²) in [5, 5.41) is 0. The Labute approximate surface area is 273 Å². The Morgan fingerprint density at radius 3 is 1.22 bits per heavy atom.